The Bertz CT molecular complexity index is 2000. The van der Waals surface area contributed by atoms with Gasteiger partial charge in [-0.1, -0.05) is 69.2 Å². The van der Waals surface area contributed by atoms with Crippen LogP contribution in [0, 0.1) is 41.4 Å². The predicted octanol–water partition coefficient (Wildman–Crippen LogP) is 7.26. The number of nitrogens with two attached hydrogens (primary N) is 1. The molecule has 1 unspecified atom stereocenters. The fraction of sp³-hybridized carbons (Fsp3) is 0.737. The van der Waals surface area contributed by atoms with Gasteiger partial charge in [0.1, 0.15) is 0 Å². The Balaban J connectivity index is 0.00000108. The number of thiol groups is 1. The van der Waals surface area contributed by atoms with Gasteiger partial charge in [0, 0.05) is 98.2 Å². The third kappa shape index (κ3) is 23.3. The van der Waals surface area contributed by atoms with Crippen LogP contribution in [0.2, 0.25) is 0 Å². The standard InChI is InChI=1S/C17H28N2O3.C16H18N2O6.C16H24N2O3.C4H11N.CH4S.3CH4/c1-3-4-9-18-16(21)14-7-5-13(6-8-14)11-19-15(20)10-12(2)17(19)22;19-12-5-6-13(20)17(12)9-10-1-3-11(4-2-10)16(23)24-18-14(21)7-8-15(18)22;1-2-3-10-17-16(21)13-6-4-12(5-7-13)11-18-14(19)8-9-15(18)20;1-2-3-4-5;1-2;;;/h12-14H,3-11H2,1-2H3,(H,18,21);5-6,10-11H,1-4,7-9H2;8-9,12-13H,2-7,10-11H2,1H3,(H,17,21);2-5H2,1H3;2H,1H3;3*1H4/i1T;;2*1T;;;;. The number of imide groups is 4. The molecule has 4 heterocycles. The normalized spacial score (nSPS) is 24.9. The maximum Gasteiger partial charge on any atom is 0.336 e. The topological polar surface area (TPSA) is 260 Å². The van der Waals surface area contributed by atoms with E-state index in [1.807, 2.05) is 6.92 Å². The van der Waals surface area contributed by atoms with Crippen LogP contribution < -0.4 is 16.4 Å². The molecule has 1 atom stereocenters. The van der Waals surface area contributed by atoms with Gasteiger partial charge >= 0.3 is 5.97 Å². The van der Waals surface area contributed by atoms with Gasteiger partial charge in [0.05, 0.1) is 5.92 Å². The van der Waals surface area contributed by atoms with Crippen molar-refractivity contribution in [3.63, 3.8) is 0 Å². The van der Waals surface area contributed by atoms with Crippen LogP contribution in [-0.4, -0.2) is 130 Å². The van der Waals surface area contributed by atoms with Gasteiger partial charge in [-0.2, -0.15) is 12.6 Å². The molecule has 0 radical (unpaired) electrons. The van der Waals surface area contributed by atoms with Gasteiger partial charge in [-0.25, -0.2) is 4.79 Å². The summed E-state index contributed by atoms with van der Waals surface area (Å²) in [7, 11) is 0. The van der Waals surface area contributed by atoms with Crippen molar-refractivity contribution < 1.29 is 61.7 Å². The summed E-state index contributed by atoms with van der Waals surface area (Å²) in [5.41, 5.74) is 5.13. The molecule has 3 saturated carbocycles. The Kier molecular flexibility index (Phi) is 32.9. The molecule has 0 spiro atoms. The molecule has 5 fully saturated rings. The molecular weight excluding hydrogens is 1010 g/mol. The molecule has 0 aromatic heterocycles. The third-order valence-electron chi connectivity index (χ3n) is 14.3. The van der Waals surface area contributed by atoms with Crippen LogP contribution in [0.4, 0.5) is 0 Å². The van der Waals surface area contributed by atoms with E-state index in [1.54, 1.807) is 6.26 Å². The molecule has 7 aliphatic rings. The van der Waals surface area contributed by atoms with Crippen LogP contribution in [0.3, 0.4) is 0 Å². The van der Waals surface area contributed by atoms with Crippen LogP contribution >= 0.6 is 12.6 Å². The second kappa shape index (κ2) is 38.3. The first kappa shape index (κ1) is 66.0. The van der Waals surface area contributed by atoms with E-state index in [2.05, 4.69) is 23.3 Å². The van der Waals surface area contributed by atoms with Gasteiger partial charge in [-0.15, -0.1) is 5.06 Å². The lowest BCUT2D eigenvalue weighted by atomic mass is 9.81. The average molecular weight is 1110 g/mol. The van der Waals surface area contributed by atoms with E-state index in [0.717, 1.165) is 96.4 Å². The molecule has 3 aliphatic carbocycles. The highest BCUT2D eigenvalue weighted by Crippen LogP contribution is 2.34. The van der Waals surface area contributed by atoms with Crippen molar-refractivity contribution in [1.29, 1.82) is 0 Å². The highest BCUT2D eigenvalue weighted by Gasteiger charge is 2.39. The first-order chi connectivity index (χ1) is 37.0. The lowest BCUT2D eigenvalue weighted by molar-refractivity contribution is -0.201. The highest BCUT2D eigenvalue weighted by molar-refractivity contribution is 7.79. The van der Waals surface area contributed by atoms with Crippen molar-refractivity contribution >= 4 is 77.7 Å². The van der Waals surface area contributed by atoms with Gasteiger partial charge in [-0.3, -0.25) is 62.6 Å². The number of amides is 10. The van der Waals surface area contributed by atoms with Crippen LogP contribution in [0.1, 0.15) is 189 Å². The Morgan fingerprint density at radius 1 is 0.558 bits per heavy atom. The maximum absolute atomic E-state index is 12.1. The molecule has 19 nitrogen and oxygen atoms in total. The highest BCUT2D eigenvalue weighted by atomic mass is 32.1. The third-order valence-corrected chi connectivity index (χ3v) is 14.3. The lowest BCUT2D eigenvalue weighted by Crippen LogP contribution is -2.38. The van der Waals surface area contributed by atoms with Gasteiger partial charge in [0.15, 0.2) is 0 Å². The molecule has 0 bridgehead atoms. The molecule has 7 rings (SSSR count). The number of nitrogens with zero attached hydrogens (tertiary/aromatic N) is 4. The fourth-order valence-corrected chi connectivity index (χ4v) is 9.76. The van der Waals surface area contributed by atoms with Crippen molar-refractivity contribution in [2.45, 2.75) is 185 Å². The second-order valence-corrected chi connectivity index (χ2v) is 19.8. The largest absolute Gasteiger partial charge is 0.356 e. The van der Waals surface area contributed by atoms with E-state index in [9.17, 15) is 52.7 Å². The Morgan fingerprint density at radius 2 is 0.909 bits per heavy atom. The van der Waals surface area contributed by atoms with E-state index in [4.69, 9.17) is 14.7 Å². The van der Waals surface area contributed by atoms with E-state index in [1.165, 1.54) is 39.0 Å². The minimum absolute atomic E-state index is 0. The summed E-state index contributed by atoms with van der Waals surface area (Å²) in [6.45, 7) is 6.56. The van der Waals surface area contributed by atoms with Gasteiger partial charge in [0.2, 0.25) is 23.6 Å². The quantitative estimate of drug-likeness (QED) is 0.0599. The minimum Gasteiger partial charge on any atom is -0.356 e. The molecule has 4 N–H and O–H groups in total. The predicted molar refractivity (Wildman–Crippen MR) is 301 cm³/mol. The fourth-order valence-electron chi connectivity index (χ4n) is 9.76. The van der Waals surface area contributed by atoms with E-state index in [-0.39, 0.29) is 112 Å². The minimum atomic E-state index is -0.563. The molecule has 4 aliphatic heterocycles. The zero-order chi connectivity index (χ0) is 56.9. The number of unbranched alkanes of at least 4 members (excludes halogenated alkanes) is 3. The van der Waals surface area contributed by atoms with Gasteiger partial charge in [0.25, 0.3) is 35.4 Å². The first-order valence-corrected chi connectivity index (χ1v) is 27.5. The maximum atomic E-state index is 12.1. The van der Waals surface area contributed by atoms with Gasteiger partial charge < -0.3 is 21.2 Å². The SMILES string of the molecule is C.C.C.CS.O=C(ON1C(=O)CCC1=O)C1CCC(CN2C(=O)C=CC2=O)CC1.[3H]CCCCN.[3H]CCCCNC(=O)C1CCC(CN2C(=O)C=CC2=O)CC1.[3H]CCCCNC(=O)C1CCC(CN2C(=O)CC(C)C2=O)CC1. The van der Waals surface area contributed by atoms with Crippen molar-refractivity contribution in [3.05, 3.63) is 24.3 Å². The summed E-state index contributed by atoms with van der Waals surface area (Å²) in [5, 5.41) is 6.46. The van der Waals surface area contributed by atoms with Crippen LogP contribution in [0.5, 0.6) is 0 Å². The number of hydrogen-bond acceptors (Lipinski definition) is 14. The summed E-state index contributed by atoms with van der Waals surface area (Å²) in [6, 6.07) is 0. The summed E-state index contributed by atoms with van der Waals surface area (Å²) < 4.78 is 20.8. The Labute approximate surface area is 469 Å². The monoisotopic (exact) mass is 1110 g/mol. The molecule has 20 heteroatoms. The summed E-state index contributed by atoms with van der Waals surface area (Å²) in [6.07, 6.45) is 22.0. The second-order valence-electron chi connectivity index (χ2n) is 19.8. The summed E-state index contributed by atoms with van der Waals surface area (Å²) in [5.74, 6) is -2.07. The van der Waals surface area contributed by atoms with Crippen LogP contribution in [0.15, 0.2) is 24.3 Å². The smallest absolute Gasteiger partial charge is 0.336 e. The van der Waals surface area contributed by atoms with Crippen molar-refractivity contribution in [3.8, 4) is 0 Å². The number of rotatable bonds is 18. The summed E-state index contributed by atoms with van der Waals surface area (Å²) in [4.78, 5) is 138. The number of nitrogens with one attached hydrogen (secondary N) is 2. The van der Waals surface area contributed by atoms with E-state index >= 15 is 0 Å². The van der Waals surface area contributed by atoms with E-state index in [0.29, 0.717) is 102 Å². The van der Waals surface area contributed by atoms with Gasteiger partial charge in [-0.05, 0) is 127 Å². The number of carbonyl (C=O) groups is 11. The summed E-state index contributed by atoms with van der Waals surface area (Å²) >= 11 is 3.53. The van der Waals surface area contributed by atoms with Crippen molar-refractivity contribution in [2.75, 3.05) is 45.5 Å². The van der Waals surface area contributed by atoms with Crippen molar-refractivity contribution in [2.24, 2.45) is 47.2 Å². The van der Waals surface area contributed by atoms with E-state index < -0.39 is 17.8 Å². The molecular formula is C57H97N7O12S. The molecule has 77 heavy (non-hydrogen) atoms. The average Bonchev–Trinajstić information content (AvgIpc) is 4.12. The van der Waals surface area contributed by atoms with Crippen LogP contribution in [-0.2, 0) is 57.6 Å². The Morgan fingerprint density at radius 3 is 1.23 bits per heavy atom. The number of carbonyl (C=O) groups excluding carboxylic acids is 11. The van der Waals surface area contributed by atoms with Crippen LogP contribution in [0.25, 0.3) is 0 Å². The zero-order valence-electron chi connectivity index (χ0n) is 46.8. The number of hydrogen-bond donors (Lipinski definition) is 4. The molecule has 2 saturated heterocycles. The first-order valence-electron chi connectivity index (χ1n) is 28.7. The molecule has 0 aromatic carbocycles. The number of hydroxylamine groups is 2. The molecule has 0 aromatic rings. The molecule has 10 amide bonds. The lowest BCUT2D eigenvalue weighted by Gasteiger charge is -2.30. The number of likely N-dealkylation sites (tertiary alicyclic amines) is 1. The van der Waals surface area contributed by atoms with Crippen molar-refractivity contribution in [1.82, 2.24) is 30.4 Å². The Hall–Kier alpha value is -5.24. The zero-order valence-corrected chi connectivity index (χ0v) is 44.7. The molecule has 438 valence electrons.